The van der Waals surface area contributed by atoms with E-state index >= 15 is 0 Å². The van der Waals surface area contributed by atoms with E-state index in [1.807, 2.05) is 12.1 Å². The summed E-state index contributed by atoms with van der Waals surface area (Å²) in [4.78, 5) is 22.3. The number of carbonyl (C=O) groups excluding carboxylic acids is 1. The Bertz CT molecular complexity index is 931. The molecule has 1 fully saturated rings. The van der Waals surface area contributed by atoms with Crippen LogP contribution >= 0.6 is 11.8 Å². The monoisotopic (exact) mass is 401 g/mol. The second kappa shape index (κ2) is 9.14. The van der Waals surface area contributed by atoms with Gasteiger partial charge >= 0.3 is 5.97 Å². The lowest BCUT2D eigenvalue weighted by atomic mass is 10.1. The van der Waals surface area contributed by atoms with Crippen molar-refractivity contribution in [3.63, 3.8) is 0 Å². The number of aliphatic carboxylic acids is 1. The van der Waals surface area contributed by atoms with Gasteiger partial charge in [0.1, 0.15) is 11.9 Å². The third-order valence-corrected chi connectivity index (χ3v) is 4.77. The van der Waals surface area contributed by atoms with Crippen LogP contribution in [0.3, 0.4) is 0 Å². The summed E-state index contributed by atoms with van der Waals surface area (Å²) in [5.74, 6) is -1.65. The third kappa shape index (κ3) is 5.40. The fourth-order valence-electron chi connectivity index (χ4n) is 2.32. The number of para-hydroxylation sites is 1. The number of carbonyl (C=O) groups is 2. The van der Waals surface area contributed by atoms with Crippen LogP contribution in [0.25, 0.3) is 0 Å². The fraction of sp³-hybridized carbons (Fsp3) is 0.158. The average molecular weight is 401 g/mol. The van der Waals surface area contributed by atoms with E-state index in [4.69, 9.17) is 9.84 Å². The Labute approximate surface area is 164 Å². The van der Waals surface area contributed by atoms with Gasteiger partial charge in [-0.2, -0.15) is 5.10 Å². The molecule has 1 saturated heterocycles. The average Bonchev–Trinajstić information content (AvgIpc) is 3.01. The maximum absolute atomic E-state index is 13.5. The van der Waals surface area contributed by atoms with Crippen molar-refractivity contribution in [1.82, 2.24) is 5.32 Å². The largest absolute Gasteiger partial charge is 0.486 e. The molecule has 9 heteroatoms. The van der Waals surface area contributed by atoms with Crippen molar-refractivity contribution < 1.29 is 23.8 Å². The van der Waals surface area contributed by atoms with E-state index in [-0.39, 0.29) is 29.9 Å². The first-order valence-electron chi connectivity index (χ1n) is 8.28. The summed E-state index contributed by atoms with van der Waals surface area (Å²) >= 11 is 1.04. The van der Waals surface area contributed by atoms with Gasteiger partial charge in [0.05, 0.1) is 12.6 Å². The Hall–Kier alpha value is -3.20. The van der Waals surface area contributed by atoms with Gasteiger partial charge in [0.25, 0.3) is 0 Å². The second-order valence-corrected chi connectivity index (χ2v) is 7.00. The number of amides is 1. The Balaban J connectivity index is 1.53. The maximum atomic E-state index is 13.5. The molecule has 0 radical (unpaired) electrons. The van der Waals surface area contributed by atoms with Crippen LogP contribution in [-0.4, -0.2) is 33.6 Å². The number of benzene rings is 2. The van der Waals surface area contributed by atoms with Gasteiger partial charge in [0.15, 0.2) is 16.7 Å². The number of hydrogen-bond donors (Lipinski definition) is 2. The number of nitrogens with one attached hydrogen (secondary N) is 1. The highest BCUT2D eigenvalue weighted by molar-refractivity contribution is 8.15. The molecule has 3 rings (SSSR count). The normalized spacial score (nSPS) is 17.8. The number of hydrogen-bond acceptors (Lipinski definition) is 6. The quantitative estimate of drug-likeness (QED) is 0.549. The molecular weight excluding hydrogens is 385 g/mol. The van der Waals surface area contributed by atoms with Gasteiger partial charge in [-0.05, 0) is 23.3 Å². The molecule has 0 aliphatic carbocycles. The molecular formula is C19H16FN3O4S. The minimum absolute atomic E-state index is 0.196. The summed E-state index contributed by atoms with van der Waals surface area (Å²) in [6.45, 7) is 0.230. The van der Waals surface area contributed by atoms with Crippen LogP contribution in [0, 0.1) is 5.82 Å². The molecule has 1 unspecified atom stereocenters. The van der Waals surface area contributed by atoms with Crippen molar-refractivity contribution in [2.45, 2.75) is 18.3 Å². The number of ether oxygens (including phenoxy) is 1. The van der Waals surface area contributed by atoms with Crippen LogP contribution in [0.2, 0.25) is 0 Å². The summed E-state index contributed by atoms with van der Waals surface area (Å²) in [7, 11) is 0. The zero-order valence-electron chi connectivity index (χ0n) is 14.5. The summed E-state index contributed by atoms with van der Waals surface area (Å²) < 4.78 is 19.0. The molecule has 1 heterocycles. The Morgan fingerprint density at radius 3 is 2.71 bits per heavy atom. The first-order valence-corrected chi connectivity index (χ1v) is 9.16. The minimum atomic E-state index is -1.04. The minimum Gasteiger partial charge on any atom is -0.486 e. The summed E-state index contributed by atoms with van der Waals surface area (Å²) in [6.07, 6.45) is 1.24. The van der Waals surface area contributed by atoms with E-state index in [1.54, 1.807) is 30.3 Å². The SMILES string of the molecule is O=C(O)CC1SC(=NN=Cc2ccc(COc3ccccc3F)cc2)NC1=O. The van der Waals surface area contributed by atoms with Crippen molar-refractivity contribution in [2.75, 3.05) is 0 Å². The van der Waals surface area contributed by atoms with E-state index in [1.165, 1.54) is 12.3 Å². The molecule has 0 spiro atoms. The number of carboxylic acid groups (broad SMARTS) is 1. The zero-order chi connectivity index (χ0) is 19.9. The number of carboxylic acids is 1. The Morgan fingerprint density at radius 1 is 1.25 bits per heavy atom. The van der Waals surface area contributed by atoms with Crippen LogP contribution in [0.5, 0.6) is 5.75 Å². The predicted octanol–water partition coefficient (Wildman–Crippen LogP) is 2.80. The Kier molecular flexibility index (Phi) is 6.38. The first-order chi connectivity index (χ1) is 13.5. The molecule has 0 aromatic heterocycles. The van der Waals surface area contributed by atoms with Gasteiger partial charge in [-0.15, -0.1) is 5.10 Å². The topological polar surface area (TPSA) is 100 Å². The van der Waals surface area contributed by atoms with E-state index in [0.717, 1.165) is 22.9 Å². The van der Waals surface area contributed by atoms with Gasteiger partial charge in [0, 0.05) is 0 Å². The highest BCUT2D eigenvalue weighted by Gasteiger charge is 2.32. The van der Waals surface area contributed by atoms with E-state index < -0.39 is 17.0 Å². The molecule has 28 heavy (non-hydrogen) atoms. The lowest BCUT2D eigenvalue weighted by Gasteiger charge is -2.07. The van der Waals surface area contributed by atoms with Gasteiger partial charge in [-0.25, -0.2) is 4.39 Å². The number of amidine groups is 1. The van der Waals surface area contributed by atoms with Crippen molar-refractivity contribution in [2.24, 2.45) is 10.2 Å². The lowest BCUT2D eigenvalue weighted by Crippen LogP contribution is -2.26. The van der Waals surface area contributed by atoms with Gasteiger partial charge < -0.3 is 15.2 Å². The highest BCUT2D eigenvalue weighted by atomic mass is 32.2. The lowest BCUT2D eigenvalue weighted by molar-refractivity contribution is -0.138. The zero-order valence-corrected chi connectivity index (χ0v) is 15.4. The van der Waals surface area contributed by atoms with Crippen LogP contribution in [0.1, 0.15) is 17.5 Å². The molecule has 7 nitrogen and oxygen atoms in total. The van der Waals surface area contributed by atoms with Crippen LogP contribution in [-0.2, 0) is 16.2 Å². The molecule has 2 N–H and O–H groups in total. The summed E-state index contributed by atoms with van der Waals surface area (Å²) in [5, 5.41) is 18.6. The molecule has 1 amide bonds. The van der Waals surface area contributed by atoms with Crippen LogP contribution in [0.4, 0.5) is 4.39 Å². The molecule has 0 bridgehead atoms. The van der Waals surface area contributed by atoms with Gasteiger partial charge in [-0.3, -0.25) is 9.59 Å². The molecule has 2 aromatic carbocycles. The number of nitrogens with zero attached hydrogens (tertiary/aromatic N) is 2. The first kappa shape index (κ1) is 19.6. The second-order valence-electron chi connectivity index (χ2n) is 5.80. The van der Waals surface area contributed by atoms with Crippen molar-refractivity contribution in [3.05, 3.63) is 65.5 Å². The van der Waals surface area contributed by atoms with Gasteiger partial charge in [0.2, 0.25) is 5.91 Å². The molecule has 1 aliphatic rings. The summed E-state index contributed by atoms with van der Waals surface area (Å²) in [5.41, 5.74) is 1.64. The van der Waals surface area contributed by atoms with Gasteiger partial charge in [-0.1, -0.05) is 48.2 Å². The van der Waals surface area contributed by atoms with E-state index in [9.17, 15) is 14.0 Å². The number of rotatable bonds is 7. The van der Waals surface area contributed by atoms with Crippen molar-refractivity contribution in [1.29, 1.82) is 0 Å². The third-order valence-electron chi connectivity index (χ3n) is 3.70. The van der Waals surface area contributed by atoms with Crippen molar-refractivity contribution in [3.8, 4) is 5.75 Å². The van der Waals surface area contributed by atoms with Crippen molar-refractivity contribution >= 4 is 35.0 Å². The highest BCUT2D eigenvalue weighted by Crippen LogP contribution is 2.22. The maximum Gasteiger partial charge on any atom is 0.305 e. The molecule has 1 atom stereocenters. The summed E-state index contributed by atoms with van der Waals surface area (Å²) in [6, 6.07) is 13.5. The molecule has 144 valence electrons. The predicted molar refractivity (Wildman–Crippen MR) is 104 cm³/mol. The smallest absolute Gasteiger partial charge is 0.305 e. The van der Waals surface area contributed by atoms with E-state index in [0.29, 0.717) is 0 Å². The number of halogens is 1. The standard InChI is InChI=1S/C19H16FN3O4S/c20-14-3-1-2-4-15(14)27-11-13-7-5-12(6-8-13)10-21-23-19-22-18(26)16(28-19)9-17(24)25/h1-8,10,16H,9,11H2,(H,24,25)(H,22,23,26). The molecule has 0 saturated carbocycles. The molecule has 2 aromatic rings. The van der Waals surface area contributed by atoms with E-state index in [2.05, 4.69) is 15.5 Å². The Morgan fingerprint density at radius 2 is 2.00 bits per heavy atom. The number of thioether (sulfide) groups is 1. The van der Waals surface area contributed by atoms with Crippen LogP contribution in [0.15, 0.2) is 58.7 Å². The fourth-order valence-corrected chi connectivity index (χ4v) is 3.23. The van der Waals surface area contributed by atoms with Crippen LogP contribution < -0.4 is 10.1 Å². The molecule has 1 aliphatic heterocycles.